The summed E-state index contributed by atoms with van der Waals surface area (Å²) in [7, 11) is 0.726. The van der Waals surface area contributed by atoms with E-state index >= 15 is 0 Å². The number of nitrogens with one attached hydrogen (secondary N) is 1. The number of anilines is 1. The zero-order valence-electron chi connectivity index (χ0n) is 12.6. The van der Waals surface area contributed by atoms with Gasteiger partial charge in [0.25, 0.3) is 10.0 Å². The van der Waals surface area contributed by atoms with Crippen LogP contribution in [0.25, 0.3) is 0 Å². The molecule has 1 unspecified atom stereocenters. The first-order chi connectivity index (χ1) is 10.4. The number of sulfonamides is 1. The van der Waals surface area contributed by atoms with E-state index in [-0.39, 0.29) is 22.1 Å². The van der Waals surface area contributed by atoms with Crippen LogP contribution in [0.4, 0.5) is 9.93 Å². The molecule has 22 heavy (non-hydrogen) atoms. The van der Waals surface area contributed by atoms with Crippen molar-refractivity contribution in [3.05, 3.63) is 0 Å². The van der Waals surface area contributed by atoms with Crippen molar-refractivity contribution in [1.82, 2.24) is 19.8 Å². The second kappa shape index (κ2) is 6.86. The number of hydrogen-bond acceptors (Lipinski definition) is 7. The Hall–Kier alpha value is -1.30. The Morgan fingerprint density at radius 2 is 2.18 bits per heavy atom. The van der Waals surface area contributed by atoms with Crippen LogP contribution in [0, 0.1) is 0 Å². The maximum absolute atomic E-state index is 12.5. The number of ether oxygens (including phenoxy) is 1. The number of hydrogen-bond donors (Lipinski definition) is 1. The third kappa shape index (κ3) is 3.54. The second-order valence-electron chi connectivity index (χ2n) is 4.89. The fourth-order valence-electron chi connectivity index (χ4n) is 2.00. The van der Waals surface area contributed by atoms with E-state index in [4.69, 9.17) is 4.74 Å². The molecular formula is C11H19N5O4S2. The summed E-state index contributed by atoms with van der Waals surface area (Å²) in [4.78, 5) is 12.7. The van der Waals surface area contributed by atoms with E-state index in [2.05, 4.69) is 15.5 Å². The molecule has 0 radical (unpaired) electrons. The minimum absolute atomic E-state index is 0.0827. The third-order valence-electron chi connectivity index (χ3n) is 3.32. The van der Waals surface area contributed by atoms with E-state index in [1.54, 1.807) is 0 Å². The molecule has 124 valence electrons. The van der Waals surface area contributed by atoms with Crippen molar-refractivity contribution in [2.24, 2.45) is 0 Å². The van der Waals surface area contributed by atoms with Crippen LogP contribution in [0.1, 0.15) is 12.8 Å². The van der Waals surface area contributed by atoms with E-state index < -0.39 is 16.1 Å². The Balaban J connectivity index is 2.12. The Morgan fingerprint density at radius 1 is 1.45 bits per heavy atom. The predicted octanol–water partition coefficient (Wildman–Crippen LogP) is 0.113. The number of amides is 2. The lowest BCUT2D eigenvalue weighted by Gasteiger charge is -2.18. The highest BCUT2D eigenvalue weighted by Gasteiger charge is 2.30. The van der Waals surface area contributed by atoms with E-state index in [9.17, 15) is 13.2 Å². The standard InChI is InChI=1S/C11H19N5O4S2/c1-12-9(17)16(3)10-13-14-11(21-10)22(18,19)15(2)7-8-5-4-6-20-8/h8H,4-7H2,1-3H3,(H,12,17). The van der Waals surface area contributed by atoms with Gasteiger partial charge in [-0.25, -0.2) is 13.2 Å². The number of carbonyl (C=O) groups is 1. The highest BCUT2D eigenvalue weighted by Crippen LogP contribution is 2.25. The first-order valence-corrected chi connectivity index (χ1v) is 8.98. The molecule has 1 aromatic heterocycles. The molecule has 11 heteroatoms. The summed E-state index contributed by atoms with van der Waals surface area (Å²) in [6, 6.07) is -0.396. The van der Waals surface area contributed by atoms with Gasteiger partial charge in [-0.15, -0.1) is 10.2 Å². The Kier molecular flexibility index (Phi) is 5.32. The van der Waals surface area contributed by atoms with Gasteiger partial charge in [-0.3, -0.25) is 4.90 Å². The molecule has 1 aliphatic heterocycles. The lowest BCUT2D eigenvalue weighted by Crippen LogP contribution is -2.34. The van der Waals surface area contributed by atoms with E-state index in [0.717, 1.165) is 24.2 Å². The number of carbonyl (C=O) groups excluding carboxylic acids is 1. The lowest BCUT2D eigenvalue weighted by atomic mass is 10.2. The molecule has 1 N–H and O–H groups in total. The van der Waals surface area contributed by atoms with Gasteiger partial charge in [0.2, 0.25) is 9.47 Å². The SMILES string of the molecule is CNC(=O)N(C)c1nnc(S(=O)(=O)N(C)CC2CCCO2)s1. The lowest BCUT2D eigenvalue weighted by molar-refractivity contribution is 0.0979. The molecule has 2 heterocycles. The third-order valence-corrected chi connectivity index (χ3v) is 6.49. The first kappa shape index (κ1) is 17.1. The highest BCUT2D eigenvalue weighted by atomic mass is 32.2. The van der Waals surface area contributed by atoms with Crippen LogP contribution >= 0.6 is 11.3 Å². The summed E-state index contributed by atoms with van der Waals surface area (Å²) >= 11 is 0.850. The van der Waals surface area contributed by atoms with Gasteiger partial charge in [0.05, 0.1) is 6.10 Å². The van der Waals surface area contributed by atoms with Crippen molar-refractivity contribution in [2.45, 2.75) is 23.3 Å². The average molecular weight is 349 g/mol. The van der Waals surface area contributed by atoms with Crippen molar-refractivity contribution in [1.29, 1.82) is 0 Å². The van der Waals surface area contributed by atoms with E-state index in [0.29, 0.717) is 6.61 Å². The number of rotatable bonds is 5. The molecule has 0 saturated carbocycles. The van der Waals surface area contributed by atoms with Crippen LogP contribution in [0.15, 0.2) is 4.34 Å². The van der Waals surface area contributed by atoms with Gasteiger partial charge in [-0.1, -0.05) is 11.3 Å². The molecule has 1 aromatic rings. The van der Waals surface area contributed by atoms with Crippen LogP contribution in [-0.2, 0) is 14.8 Å². The topological polar surface area (TPSA) is 105 Å². The van der Waals surface area contributed by atoms with E-state index in [1.165, 1.54) is 30.3 Å². The van der Waals surface area contributed by atoms with Gasteiger partial charge in [-0.2, -0.15) is 4.31 Å². The smallest absolute Gasteiger partial charge is 0.323 e. The predicted molar refractivity (Wildman–Crippen MR) is 81.6 cm³/mol. The second-order valence-corrected chi connectivity index (χ2v) is 8.06. The number of likely N-dealkylation sites (N-methyl/N-ethyl adjacent to an activating group) is 1. The zero-order valence-corrected chi connectivity index (χ0v) is 14.3. The van der Waals surface area contributed by atoms with Gasteiger partial charge in [-0.05, 0) is 12.8 Å². The molecule has 9 nitrogen and oxygen atoms in total. The van der Waals surface area contributed by atoms with Crippen LogP contribution < -0.4 is 10.2 Å². The molecule has 1 saturated heterocycles. The minimum Gasteiger partial charge on any atom is -0.377 e. The van der Waals surface area contributed by atoms with Crippen LogP contribution in [0.5, 0.6) is 0 Å². The minimum atomic E-state index is -3.73. The van der Waals surface area contributed by atoms with Gasteiger partial charge < -0.3 is 10.1 Å². The van der Waals surface area contributed by atoms with Gasteiger partial charge in [0, 0.05) is 34.3 Å². The molecule has 0 bridgehead atoms. The molecule has 1 aliphatic rings. The summed E-state index contributed by atoms with van der Waals surface area (Å²) in [5, 5.41) is 10.1. The normalized spacial score (nSPS) is 18.6. The molecule has 2 amide bonds. The zero-order chi connectivity index (χ0) is 16.3. The quantitative estimate of drug-likeness (QED) is 0.757. The highest BCUT2D eigenvalue weighted by molar-refractivity contribution is 7.91. The summed E-state index contributed by atoms with van der Waals surface area (Å²) in [5.41, 5.74) is 0. The average Bonchev–Trinajstić information content (AvgIpc) is 3.16. The largest absolute Gasteiger partial charge is 0.377 e. The first-order valence-electron chi connectivity index (χ1n) is 6.73. The molecule has 0 spiro atoms. The summed E-state index contributed by atoms with van der Waals surface area (Å²) < 4.78 is 31.4. The van der Waals surface area contributed by atoms with Crippen LogP contribution in [0.3, 0.4) is 0 Å². The van der Waals surface area contributed by atoms with Gasteiger partial charge >= 0.3 is 6.03 Å². The Morgan fingerprint density at radius 3 is 2.77 bits per heavy atom. The van der Waals surface area contributed by atoms with E-state index in [1.807, 2.05) is 0 Å². The molecule has 2 rings (SSSR count). The molecule has 1 atom stereocenters. The van der Waals surface area contributed by atoms with Crippen LogP contribution in [0.2, 0.25) is 0 Å². The van der Waals surface area contributed by atoms with Crippen molar-refractivity contribution in [2.75, 3.05) is 39.2 Å². The van der Waals surface area contributed by atoms with Gasteiger partial charge in [0.15, 0.2) is 0 Å². The fraction of sp³-hybridized carbons (Fsp3) is 0.727. The molecular weight excluding hydrogens is 330 g/mol. The number of nitrogens with zero attached hydrogens (tertiary/aromatic N) is 4. The van der Waals surface area contributed by atoms with Crippen molar-refractivity contribution < 1.29 is 17.9 Å². The Labute approximate surface area is 133 Å². The summed E-state index contributed by atoms with van der Waals surface area (Å²) in [6.45, 7) is 0.945. The van der Waals surface area contributed by atoms with Gasteiger partial charge in [0.1, 0.15) is 0 Å². The van der Waals surface area contributed by atoms with Crippen molar-refractivity contribution in [3.63, 3.8) is 0 Å². The van der Waals surface area contributed by atoms with Crippen molar-refractivity contribution in [3.8, 4) is 0 Å². The number of aromatic nitrogens is 2. The Bertz CT molecular complexity index is 626. The molecule has 1 fully saturated rings. The van der Waals surface area contributed by atoms with Crippen molar-refractivity contribution >= 4 is 32.5 Å². The monoisotopic (exact) mass is 349 g/mol. The maximum Gasteiger partial charge on any atom is 0.323 e. The molecule has 0 aliphatic carbocycles. The summed E-state index contributed by atoms with van der Waals surface area (Å²) in [6.07, 6.45) is 1.71. The fourth-order valence-corrected chi connectivity index (χ4v) is 4.34. The summed E-state index contributed by atoms with van der Waals surface area (Å²) in [5.74, 6) is 0. The number of urea groups is 1. The molecule has 0 aromatic carbocycles. The van der Waals surface area contributed by atoms with Crippen LogP contribution in [-0.4, -0.2) is 69.4 Å². The maximum atomic E-state index is 12.5.